The second kappa shape index (κ2) is 3.54. The van der Waals surface area contributed by atoms with Gasteiger partial charge in [-0.25, -0.2) is 4.39 Å². The van der Waals surface area contributed by atoms with Crippen molar-refractivity contribution in [3.63, 3.8) is 0 Å². The molecule has 0 saturated heterocycles. The topological polar surface area (TPSA) is 32.3 Å². The van der Waals surface area contributed by atoms with E-state index in [9.17, 15) is 4.39 Å². The van der Waals surface area contributed by atoms with E-state index in [1.807, 2.05) is 6.92 Å². The van der Waals surface area contributed by atoms with Gasteiger partial charge in [-0.05, 0) is 31.5 Å². The first-order valence-electron chi connectivity index (χ1n) is 3.80. The molecule has 12 heavy (non-hydrogen) atoms. The van der Waals surface area contributed by atoms with E-state index in [0.29, 0.717) is 5.69 Å². The zero-order valence-corrected chi connectivity index (χ0v) is 7.13. The fourth-order valence-corrected chi connectivity index (χ4v) is 0.975. The van der Waals surface area contributed by atoms with Gasteiger partial charge in [0.1, 0.15) is 12.0 Å². The summed E-state index contributed by atoms with van der Waals surface area (Å²) in [6, 6.07) is 4.71. The van der Waals surface area contributed by atoms with Gasteiger partial charge in [0.25, 0.3) is 0 Å². The third kappa shape index (κ3) is 2.20. The Morgan fingerprint density at radius 2 is 2.17 bits per heavy atom. The van der Waals surface area contributed by atoms with Crippen LogP contribution in [0.4, 0.5) is 10.1 Å². The maximum Gasteiger partial charge on any atom is 0.146 e. The van der Waals surface area contributed by atoms with Crippen LogP contribution < -0.4 is 5.32 Å². The summed E-state index contributed by atoms with van der Waals surface area (Å²) >= 11 is 0. The summed E-state index contributed by atoms with van der Waals surface area (Å²) in [5, 5.41) is 11.5. The molecule has 0 heterocycles. The van der Waals surface area contributed by atoms with Crippen molar-refractivity contribution < 1.29 is 9.50 Å². The Kier molecular flexibility index (Phi) is 2.65. The van der Waals surface area contributed by atoms with E-state index >= 15 is 0 Å². The normalized spacial score (nSPS) is 12.7. The summed E-state index contributed by atoms with van der Waals surface area (Å²) in [7, 11) is 0. The number of nitrogens with one attached hydrogen (secondary N) is 1. The van der Waals surface area contributed by atoms with Crippen molar-refractivity contribution in [1.29, 1.82) is 0 Å². The molecule has 1 atom stereocenters. The molecule has 0 radical (unpaired) electrons. The summed E-state index contributed by atoms with van der Waals surface area (Å²) in [6.07, 6.45) is -0.735. The molecule has 0 aliphatic rings. The van der Waals surface area contributed by atoms with Crippen molar-refractivity contribution in [2.75, 3.05) is 5.32 Å². The fraction of sp³-hybridized carbons (Fsp3) is 0.333. The highest BCUT2D eigenvalue weighted by atomic mass is 19.1. The molecule has 0 spiro atoms. The number of aryl methyl sites for hydroxylation is 1. The first kappa shape index (κ1) is 9.00. The standard InChI is InChI=1S/C9H12FNO/c1-6-3-4-8(10)9(5-6)11-7(2)12/h3-5,7,11-12H,1-2H3. The molecule has 2 nitrogen and oxygen atoms in total. The lowest BCUT2D eigenvalue weighted by atomic mass is 10.2. The van der Waals surface area contributed by atoms with Gasteiger partial charge in [-0.3, -0.25) is 0 Å². The minimum Gasteiger partial charge on any atom is -0.374 e. The van der Waals surface area contributed by atoms with Crippen LogP contribution in [-0.2, 0) is 0 Å². The maximum absolute atomic E-state index is 13.0. The number of benzene rings is 1. The summed E-state index contributed by atoms with van der Waals surface area (Å²) in [5.41, 5.74) is 1.30. The number of aliphatic hydroxyl groups excluding tert-OH is 1. The lowest BCUT2D eigenvalue weighted by Crippen LogP contribution is -2.14. The Morgan fingerprint density at radius 1 is 1.50 bits per heavy atom. The van der Waals surface area contributed by atoms with Gasteiger partial charge in [-0.1, -0.05) is 6.07 Å². The average Bonchev–Trinajstić information content (AvgIpc) is 1.96. The zero-order chi connectivity index (χ0) is 9.14. The van der Waals surface area contributed by atoms with Crippen LogP contribution in [-0.4, -0.2) is 11.3 Å². The molecule has 0 bridgehead atoms. The predicted octanol–water partition coefficient (Wildman–Crippen LogP) is 1.88. The number of halogens is 1. The van der Waals surface area contributed by atoms with Crippen LogP contribution >= 0.6 is 0 Å². The predicted molar refractivity (Wildman–Crippen MR) is 46.4 cm³/mol. The molecule has 0 aliphatic carbocycles. The summed E-state index contributed by atoms with van der Waals surface area (Å²) < 4.78 is 13.0. The van der Waals surface area contributed by atoms with Crippen molar-refractivity contribution >= 4 is 5.69 Å². The average molecular weight is 169 g/mol. The van der Waals surface area contributed by atoms with Crippen molar-refractivity contribution in [3.8, 4) is 0 Å². The van der Waals surface area contributed by atoms with Gasteiger partial charge < -0.3 is 10.4 Å². The van der Waals surface area contributed by atoms with E-state index in [-0.39, 0.29) is 5.82 Å². The molecule has 1 unspecified atom stereocenters. The Morgan fingerprint density at radius 3 is 2.75 bits per heavy atom. The van der Waals surface area contributed by atoms with Crippen molar-refractivity contribution in [1.82, 2.24) is 0 Å². The van der Waals surface area contributed by atoms with Crippen LogP contribution in [0.2, 0.25) is 0 Å². The van der Waals surface area contributed by atoms with Gasteiger partial charge in [0, 0.05) is 0 Å². The van der Waals surface area contributed by atoms with Crippen LogP contribution in [0.1, 0.15) is 12.5 Å². The molecule has 66 valence electrons. The van der Waals surface area contributed by atoms with Gasteiger partial charge in [0.15, 0.2) is 0 Å². The molecular weight excluding hydrogens is 157 g/mol. The maximum atomic E-state index is 13.0. The summed E-state index contributed by atoms with van der Waals surface area (Å²) in [5.74, 6) is -0.346. The van der Waals surface area contributed by atoms with Crippen LogP contribution in [0.15, 0.2) is 18.2 Å². The first-order chi connectivity index (χ1) is 5.59. The van der Waals surface area contributed by atoms with Crippen LogP contribution in [0.3, 0.4) is 0 Å². The molecule has 2 N–H and O–H groups in total. The fourth-order valence-electron chi connectivity index (χ4n) is 0.975. The monoisotopic (exact) mass is 169 g/mol. The van der Waals surface area contributed by atoms with Crippen LogP contribution in [0.25, 0.3) is 0 Å². The summed E-state index contributed by atoms with van der Waals surface area (Å²) in [6.45, 7) is 3.41. The SMILES string of the molecule is Cc1ccc(F)c(NC(C)O)c1. The molecule has 0 amide bonds. The van der Waals surface area contributed by atoms with Crippen LogP contribution in [0.5, 0.6) is 0 Å². The zero-order valence-electron chi connectivity index (χ0n) is 7.13. The highest BCUT2D eigenvalue weighted by Crippen LogP contribution is 2.15. The third-order valence-electron chi connectivity index (χ3n) is 1.49. The van der Waals surface area contributed by atoms with Gasteiger partial charge in [0.05, 0.1) is 5.69 Å². The molecule has 1 aromatic rings. The van der Waals surface area contributed by atoms with Gasteiger partial charge in [-0.2, -0.15) is 0 Å². The quantitative estimate of drug-likeness (QED) is 0.662. The summed E-state index contributed by atoms with van der Waals surface area (Å²) in [4.78, 5) is 0. The van der Waals surface area contributed by atoms with Crippen molar-refractivity contribution in [3.05, 3.63) is 29.6 Å². The number of hydrogen-bond acceptors (Lipinski definition) is 2. The van der Waals surface area contributed by atoms with Crippen molar-refractivity contribution in [2.24, 2.45) is 0 Å². The number of rotatable bonds is 2. The largest absolute Gasteiger partial charge is 0.374 e. The van der Waals surface area contributed by atoms with Gasteiger partial charge >= 0.3 is 0 Å². The van der Waals surface area contributed by atoms with E-state index < -0.39 is 6.23 Å². The van der Waals surface area contributed by atoms with E-state index in [4.69, 9.17) is 5.11 Å². The molecular formula is C9H12FNO. The lowest BCUT2D eigenvalue weighted by molar-refractivity contribution is 0.224. The smallest absolute Gasteiger partial charge is 0.146 e. The molecule has 1 rings (SSSR count). The molecule has 0 saturated carbocycles. The van der Waals surface area contributed by atoms with Gasteiger partial charge in [0.2, 0.25) is 0 Å². The van der Waals surface area contributed by atoms with Gasteiger partial charge in [-0.15, -0.1) is 0 Å². The van der Waals surface area contributed by atoms with E-state index in [2.05, 4.69) is 5.32 Å². The Bertz CT molecular complexity index is 273. The van der Waals surface area contributed by atoms with E-state index in [1.165, 1.54) is 6.07 Å². The Hall–Kier alpha value is -1.09. The molecule has 3 heteroatoms. The molecule has 0 fully saturated rings. The van der Waals surface area contributed by atoms with E-state index in [0.717, 1.165) is 5.56 Å². The first-order valence-corrected chi connectivity index (χ1v) is 3.80. The number of hydrogen-bond donors (Lipinski definition) is 2. The second-order valence-electron chi connectivity index (χ2n) is 2.80. The third-order valence-corrected chi connectivity index (χ3v) is 1.49. The Balaban J connectivity index is 2.90. The highest BCUT2D eigenvalue weighted by molar-refractivity contribution is 5.47. The number of anilines is 1. The minimum atomic E-state index is -0.735. The Labute approximate surface area is 71.0 Å². The molecule has 0 aromatic heterocycles. The second-order valence-corrected chi connectivity index (χ2v) is 2.80. The van der Waals surface area contributed by atoms with Crippen LogP contribution in [0, 0.1) is 12.7 Å². The minimum absolute atomic E-state index is 0.338. The van der Waals surface area contributed by atoms with E-state index in [1.54, 1.807) is 19.1 Å². The molecule has 0 aliphatic heterocycles. The lowest BCUT2D eigenvalue weighted by Gasteiger charge is -2.10. The van der Waals surface area contributed by atoms with Crippen molar-refractivity contribution in [2.45, 2.75) is 20.1 Å². The molecule has 1 aromatic carbocycles. The number of aliphatic hydroxyl groups is 1. The highest BCUT2D eigenvalue weighted by Gasteiger charge is 2.02.